The Kier molecular flexibility index (Phi) is 6.82. The van der Waals surface area contributed by atoms with Gasteiger partial charge in [0.2, 0.25) is 5.91 Å². The fourth-order valence-electron chi connectivity index (χ4n) is 2.70. The number of carbonyl (C=O) groups excluding carboxylic acids is 2. The van der Waals surface area contributed by atoms with Crippen LogP contribution in [0.2, 0.25) is 0 Å². The lowest BCUT2D eigenvalue weighted by atomic mass is 10.0. The second kappa shape index (κ2) is 9.07. The number of hydrogen-bond donors (Lipinski definition) is 2. The predicted molar refractivity (Wildman–Crippen MR) is 105 cm³/mol. The molecule has 0 saturated heterocycles. The number of hydrogen-bond acceptors (Lipinski definition) is 4. The van der Waals surface area contributed by atoms with Gasteiger partial charge in [0, 0.05) is 11.6 Å². The molecular weight excluding hydrogens is 344 g/mol. The van der Waals surface area contributed by atoms with Crippen molar-refractivity contribution in [1.29, 1.82) is 0 Å². The van der Waals surface area contributed by atoms with Crippen molar-refractivity contribution in [2.75, 3.05) is 19.5 Å². The van der Waals surface area contributed by atoms with E-state index in [-0.39, 0.29) is 17.7 Å². The highest BCUT2D eigenvalue weighted by molar-refractivity contribution is 6.02. The first-order chi connectivity index (χ1) is 12.9. The van der Waals surface area contributed by atoms with E-state index in [1.165, 1.54) is 7.11 Å². The third kappa shape index (κ3) is 5.00. The number of ether oxygens (including phenoxy) is 2. The highest BCUT2D eigenvalue weighted by atomic mass is 16.5. The summed E-state index contributed by atoms with van der Waals surface area (Å²) in [6.07, 6.45) is 0. The normalized spacial score (nSPS) is 11.6. The van der Waals surface area contributed by atoms with Crippen molar-refractivity contribution >= 4 is 17.5 Å². The fourth-order valence-corrected chi connectivity index (χ4v) is 2.70. The maximum absolute atomic E-state index is 12.9. The molecular formula is C21H26N2O4. The molecule has 0 saturated carbocycles. The minimum atomic E-state index is -0.701. The first kappa shape index (κ1) is 20.3. The van der Waals surface area contributed by atoms with Gasteiger partial charge in [0.15, 0.2) is 0 Å². The van der Waals surface area contributed by atoms with Gasteiger partial charge in [0.25, 0.3) is 5.91 Å². The highest BCUT2D eigenvalue weighted by Gasteiger charge is 2.26. The molecule has 27 heavy (non-hydrogen) atoms. The average molecular weight is 370 g/mol. The Labute approximate surface area is 159 Å². The molecule has 1 unspecified atom stereocenters. The minimum absolute atomic E-state index is 0.102. The molecule has 0 aromatic heterocycles. The lowest BCUT2D eigenvalue weighted by Gasteiger charge is -2.23. The van der Waals surface area contributed by atoms with Crippen molar-refractivity contribution in [3.05, 3.63) is 53.6 Å². The highest BCUT2D eigenvalue weighted by Crippen LogP contribution is 2.29. The summed E-state index contributed by atoms with van der Waals surface area (Å²) in [6.45, 7) is 5.62. The number of carbonyl (C=O) groups is 2. The van der Waals surface area contributed by atoms with Gasteiger partial charge in [-0.25, -0.2) is 0 Å². The second-order valence-electron chi connectivity index (χ2n) is 6.57. The van der Waals surface area contributed by atoms with E-state index in [0.29, 0.717) is 22.7 Å². The summed E-state index contributed by atoms with van der Waals surface area (Å²) < 4.78 is 10.5. The van der Waals surface area contributed by atoms with Gasteiger partial charge < -0.3 is 20.1 Å². The number of benzene rings is 2. The summed E-state index contributed by atoms with van der Waals surface area (Å²) in [5, 5.41) is 5.67. The van der Waals surface area contributed by atoms with Crippen LogP contribution in [0.5, 0.6) is 11.5 Å². The standard InChI is InChI=1S/C21H26N2O4/c1-13(2)19(23-20(24)16-9-7-6-8-14(16)3)21(25)22-17-12-15(26-4)10-11-18(17)27-5/h6-13,19H,1-5H3,(H,22,25)(H,23,24). The molecule has 0 aliphatic carbocycles. The van der Waals surface area contributed by atoms with Crippen LogP contribution in [-0.4, -0.2) is 32.1 Å². The first-order valence-corrected chi connectivity index (χ1v) is 8.76. The predicted octanol–water partition coefficient (Wildman–Crippen LogP) is 3.41. The molecule has 2 aromatic carbocycles. The molecule has 2 rings (SSSR count). The van der Waals surface area contributed by atoms with Gasteiger partial charge in [-0.3, -0.25) is 9.59 Å². The lowest BCUT2D eigenvalue weighted by molar-refractivity contribution is -0.118. The molecule has 144 valence electrons. The van der Waals surface area contributed by atoms with E-state index < -0.39 is 6.04 Å². The summed E-state index contributed by atoms with van der Waals surface area (Å²) in [5.74, 6) is 0.403. The lowest BCUT2D eigenvalue weighted by Crippen LogP contribution is -2.47. The number of aryl methyl sites for hydroxylation is 1. The van der Waals surface area contributed by atoms with Crippen molar-refractivity contribution in [1.82, 2.24) is 5.32 Å². The number of rotatable bonds is 7. The molecule has 2 aromatic rings. The summed E-state index contributed by atoms with van der Waals surface area (Å²) in [5.41, 5.74) is 1.89. The van der Waals surface area contributed by atoms with Crippen LogP contribution in [0.4, 0.5) is 5.69 Å². The smallest absolute Gasteiger partial charge is 0.252 e. The SMILES string of the molecule is COc1ccc(OC)c(NC(=O)C(NC(=O)c2ccccc2C)C(C)C)c1. The molecule has 0 spiro atoms. The van der Waals surface area contributed by atoms with Crippen molar-refractivity contribution in [3.8, 4) is 11.5 Å². The van der Waals surface area contributed by atoms with Crippen LogP contribution in [0, 0.1) is 12.8 Å². The topological polar surface area (TPSA) is 76.7 Å². The molecule has 2 N–H and O–H groups in total. The van der Waals surface area contributed by atoms with E-state index in [0.717, 1.165) is 5.56 Å². The Bertz CT molecular complexity index is 818. The van der Waals surface area contributed by atoms with Crippen LogP contribution in [0.25, 0.3) is 0 Å². The van der Waals surface area contributed by atoms with Crippen LogP contribution in [0.3, 0.4) is 0 Å². The zero-order chi connectivity index (χ0) is 20.0. The molecule has 0 heterocycles. The van der Waals surface area contributed by atoms with Crippen LogP contribution >= 0.6 is 0 Å². The number of amides is 2. The zero-order valence-electron chi connectivity index (χ0n) is 16.3. The molecule has 0 radical (unpaired) electrons. The third-order valence-corrected chi connectivity index (χ3v) is 4.29. The van der Waals surface area contributed by atoms with Gasteiger partial charge >= 0.3 is 0 Å². The summed E-state index contributed by atoms with van der Waals surface area (Å²) in [6, 6.07) is 11.7. The monoisotopic (exact) mass is 370 g/mol. The van der Waals surface area contributed by atoms with E-state index in [2.05, 4.69) is 10.6 Å². The van der Waals surface area contributed by atoms with Gasteiger partial charge in [-0.1, -0.05) is 32.0 Å². The Balaban J connectivity index is 2.21. The zero-order valence-corrected chi connectivity index (χ0v) is 16.3. The van der Waals surface area contributed by atoms with Crippen LogP contribution in [0.1, 0.15) is 29.8 Å². The Morgan fingerprint density at radius 3 is 2.30 bits per heavy atom. The Hall–Kier alpha value is -3.02. The van der Waals surface area contributed by atoms with E-state index in [4.69, 9.17) is 9.47 Å². The van der Waals surface area contributed by atoms with Crippen molar-refractivity contribution in [3.63, 3.8) is 0 Å². The summed E-state index contributed by atoms with van der Waals surface area (Å²) in [7, 11) is 3.07. The quantitative estimate of drug-likeness (QED) is 0.783. The van der Waals surface area contributed by atoms with E-state index in [9.17, 15) is 9.59 Å². The number of methoxy groups -OCH3 is 2. The van der Waals surface area contributed by atoms with Gasteiger partial charge in [0.05, 0.1) is 19.9 Å². The molecule has 6 nitrogen and oxygen atoms in total. The second-order valence-corrected chi connectivity index (χ2v) is 6.57. The average Bonchev–Trinajstić information content (AvgIpc) is 2.65. The van der Waals surface area contributed by atoms with E-state index >= 15 is 0 Å². The van der Waals surface area contributed by atoms with Gasteiger partial charge in [-0.05, 0) is 36.6 Å². The largest absolute Gasteiger partial charge is 0.497 e. The molecule has 0 aliphatic rings. The molecule has 2 amide bonds. The van der Waals surface area contributed by atoms with Gasteiger partial charge in [-0.2, -0.15) is 0 Å². The number of nitrogens with one attached hydrogen (secondary N) is 2. The van der Waals surface area contributed by atoms with Crippen molar-refractivity contribution in [2.45, 2.75) is 26.8 Å². The summed E-state index contributed by atoms with van der Waals surface area (Å²) >= 11 is 0. The number of anilines is 1. The van der Waals surface area contributed by atoms with E-state index in [1.807, 2.05) is 32.9 Å². The maximum atomic E-state index is 12.9. The molecule has 6 heteroatoms. The minimum Gasteiger partial charge on any atom is -0.497 e. The molecule has 0 aliphatic heterocycles. The Morgan fingerprint density at radius 2 is 1.70 bits per heavy atom. The van der Waals surface area contributed by atoms with E-state index in [1.54, 1.807) is 37.4 Å². The Morgan fingerprint density at radius 1 is 1.00 bits per heavy atom. The molecule has 0 fully saturated rings. The van der Waals surface area contributed by atoms with Gasteiger partial charge in [0.1, 0.15) is 17.5 Å². The maximum Gasteiger partial charge on any atom is 0.252 e. The van der Waals surface area contributed by atoms with Crippen LogP contribution in [-0.2, 0) is 4.79 Å². The van der Waals surface area contributed by atoms with Crippen LogP contribution in [0.15, 0.2) is 42.5 Å². The third-order valence-electron chi connectivity index (χ3n) is 4.29. The van der Waals surface area contributed by atoms with Gasteiger partial charge in [-0.15, -0.1) is 0 Å². The summed E-state index contributed by atoms with van der Waals surface area (Å²) in [4.78, 5) is 25.5. The fraction of sp³-hybridized carbons (Fsp3) is 0.333. The molecule has 0 bridgehead atoms. The molecule has 1 atom stereocenters. The van der Waals surface area contributed by atoms with Crippen molar-refractivity contribution < 1.29 is 19.1 Å². The first-order valence-electron chi connectivity index (χ1n) is 8.76. The van der Waals surface area contributed by atoms with Crippen molar-refractivity contribution in [2.24, 2.45) is 5.92 Å². The van der Waals surface area contributed by atoms with Crippen LogP contribution < -0.4 is 20.1 Å².